The summed E-state index contributed by atoms with van der Waals surface area (Å²) in [5.74, 6) is 2.12. The number of thioether (sulfide) groups is 1. The summed E-state index contributed by atoms with van der Waals surface area (Å²) < 4.78 is 0. The normalized spacial score (nSPS) is 10.3. The third-order valence-electron chi connectivity index (χ3n) is 1.42. The van der Waals surface area contributed by atoms with Crippen LogP contribution in [0.25, 0.3) is 0 Å². The molecule has 0 atom stereocenters. The highest BCUT2D eigenvalue weighted by Crippen LogP contribution is 2.19. The Morgan fingerprint density at radius 2 is 2.23 bits per heavy atom. The molecule has 1 heterocycles. The van der Waals surface area contributed by atoms with Crippen LogP contribution in [0.1, 0.15) is 25.3 Å². The van der Waals surface area contributed by atoms with E-state index in [1.807, 2.05) is 11.8 Å². The van der Waals surface area contributed by atoms with Gasteiger partial charge in [-0.15, -0.1) is 10.2 Å². The Balaban J connectivity index is 2.34. The Morgan fingerprint density at radius 3 is 2.92 bits per heavy atom. The Morgan fingerprint density at radius 1 is 1.38 bits per heavy atom. The van der Waals surface area contributed by atoms with Crippen molar-refractivity contribution >= 4 is 28.2 Å². The minimum Gasteiger partial charge on any atom is -0.360 e. The van der Waals surface area contributed by atoms with Gasteiger partial charge in [0.05, 0.1) is 0 Å². The van der Waals surface area contributed by atoms with Crippen LogP contribution in [-0.2, 0) is 5.75 Å². The lowest BCUT2D eigenvalue weighted by Gasteiger charge is -1.95. The first kappa shape index (κ1) is 10.8. The fourth-order valence-corrected chi connectivity index (χ4v) is 2.29. The van der Waals surface area contributed by atoms with Crippen LogP contribution in [0.3, 0.4) is 0 Å². The molecular formula is C8H15N3S2. The number of aromatic nitrogens is 2. The van der Waals surface area contributed by atoms with Gasteiger partial charge in [0.15, 0.2) is 0 Å². The third-order valence-corrected chi connectivity index (χ3v) is 3.37. The molecule has 0 fully saturated rings. The fraction of sp³-hybridized carbons (Fsp3) is 0.750. The quantitative estimate of drug-likeness (QED) is 0.795. The summed E-state index contributed by atoms with van der Waals surface area (Å²) in [4.78, 5) is 0. The molecule has 0 saturated carbocycles. The fourth-order valence-electron chi connectivity index (χ4n) is 0.805. The van der Waals surface area contributed by atoms with E-state index < -0.39 is 0 Å². The first-order valence-corrected chi connectivity index (χ1v) is 6.48. The summed E-state index contributed by atoms with van der Waals surface area (Å²) >= 11 is 3.54. The minimum atomic E-state index is 0.952. The van der Waals surface area contributed by atoms with Crippen molar-refractivity contribution in [1.29, 1.82) is 0 Å². The molecule has 1 aromatic rings. The van der Waals surface area contributed by atoms with Crippen molar-refractivity contribution in [3.63, 3.8) is 0 Å². The highest BCUT2D eigenvalue weighted by molar-refractivity contribution is 7.98. The van der Waals surface area contributed by atoms with Crippen LogP contribution in [0.2, 0.25) is 0 Å². The van der Waals surface area contributed by atoms with Crippen molar-refractivity contribution in [3.05, 3.63) is 5.01 Å². The van der Waals surface area contributed by atoms with Gasteiger partial charge in [0.25, 0.3) is 0 Å². The maximum atomic E-state index is 4.09. The Kier molecular flexibility index (Phi) is 5.15. The van der Waals surface area contributed by atoms with Crippen LogP contribution in [0.4, 0.5) is 5.13 Å². The van der Waals surface area contributed by atoms with Crippen LogP contribution < -0.4 is 5.32 Å². The smallest absolute Gasteiger partial charge is 0.205 e. The van der Waals surface area contributed by atoms with Gasteiger partial charge in [-0.05, 0) is 12.2 Å². The number of rotatable bonds is 6. The van der Waals surface area contributed by atoms with Crippen molar-refractivity contribution in [3.8, 4) is 0 Å². The highest BCUT2D eigenvalue weighted by atomic mass is 32.2. The van der Waals surface area contributed by atoms with Crippen LogP contribution in [0.5, 0.6) is 0 Å². The average molecular weight is 217 g/mol. The van der Waals surface area contributed by atoms with Crippen LogP contribution in [0.15, 0.2) is 0 Å². The highest BCUT2D eigenvalue weighted by Gasteiger charge is 2.01. The number of anilines is 1. The van der Waals surface area contributed by atoms with Gasteiger partial charge in [-0.3, -0.25) is 0 Å². The molecule has 0 aliphatic rings. The molecule has 0 spiro atoms. The molecule has 1 aromatic heterocycles. The van der Waals surface area contributed by atoms with Gasteiger partial charge in [-0.2, -0.15) is 11.8 Å². The molecule has 0 amide bonds. The molecule has 1 N–H and O–H groups in total. The zero-order valence-corrected chi connectivity index (χ0v) is 9.67. The van der Waals surface area contributed by atoms with Crippen molar-refractivity contribution in [2.45, 2.75) is 26.0 Å². The molecule has 13 heavy (non-hydrogen) atoms. The average Bonchev–Trinajstić information content (AvgIpc) is 2.59. The molecule has 5 heteroatoms. The van der Waals surface area contributed by atoms with E-state index in [0.29, 0.717) is 0 Å². The first-order chi connectivity index (χ1) is 6.36. The Labute approximate surface area is 87.3 Å². The summed E-state index contributed by atoms with van der Waals surface area (Å²) in [5.41, 5.74) is 0. The number of hydrogen-bond donors (Lipinski definition) is 1. The van der Waals surface area contributed by atoms with E-state index in [2.05, 4.69) is 29.4 Å². The van der Waals surface area contributed by atoms with Gasteiger partial charge < -0.3 is 5.32 Å². The largest absolute Gasteiger partial charge is 0.360 e. The van der Waals surface area contributed by atoms with Crippen molar-refractivity contribution < 1.29 is 0 Å². The molecule has 0 aliphatic heterocycles. The van der Waals surface area contributed by atoms with Crippen molar-refractivity contribution in [2.75, 3.05) is 17.6 Å². The molecule has 0 saturated heterocycles. The van der Waals surface area contributed by atoms with E-state index in [0.717, 1.165) is 34.6 Å². The third kappa shape index (κ3) is 3.95. The van der Waals surface area contributed by atoms with Gasteiger partial charge in [0.1, 0.15) is 5.01 Å². The molecule has 0 radical (unpaired) electrons. The van der Waals surface area contributed by atoms with Gasteiger partial charge >= 0.3 is 0 Å². The summed E-state index contributed by atoms with van der Waals surface area (Å²) in [6, 6.07) is 0. The standard InChI is InChI=1S/C8H15N3S2/c1-3-5-9-8-11-10-7(13-8)6-12-4-2/h3-6H2,1-2H3,(H,9,11). The maximum Gasteiger partial charge on any atom is 0.205 e. The van der Waals surface area contributed by atoms with E-state index >= 15 is 0 Å². The summed E-state index contributed by atoms with van der Waals surface area (Å²) in [6.45, 7) is 5.28. The van der Waals surface area contributed by atoms with Gasteiger partial charge in [-0.25, -0.2) is 0 Å². The van der Waals surface area contributed by atoms with Gasteiger partial charge in [0, 0.05) is 12.3 Å². The lowest BCUT2D eigenvalue weighted by Crippen LogP contribution is -1.98. The van der Waals surface area contributed by atoms with Gasteiger partial charge in [-0.1, -0.05) is 25.2 Å². The molecular weight excluding hydrogens is 202 g/mol. The number of hydrogen-bond acceptors (Lipinski definition) is 5. The summed E-state index contributed by atoms with van der Waals surface area (Å²) in [7, 11) is 0. The van der Waals surface area contributed by atoms with Crippen LogP contribution in [0, 0.1) is 0 Å². The molecule has 3 nitrogen and oxygen atoms in total. The van der Waals surface area contributed by atoms with E-state index in [1.54, 1.807) is 11.3 Å². The van der Waals surface area contributed by atoms with Gasteiger partial charge in [0.2, 0.25) is 5.13 Å². The minimum absolute atomic E-state index is 0.952. The second kappa shape index (κ2) is 6.21. The molecule has 0 aliphatic carbocycles. The Hall–Kier alpha value is -0.290. The predicted molar refractivity (Wildman–Crippen MR) is 60.5 cm³/mol. The summed E-state index contributed by atoms with van der Waals surface area (Å²) in [5, 5.41) is 13.4. The molecule has 0 aromatic carbocycles. The SMILES string of the molecule is CCCNc1nnc(CSCC)s1. The zero-order chi connectivity index (χ0) is 9.52. The zero-order valence-electron chi connectivity index (χ0n) is 8.04. The molecule has 0 bridgehead atoms. The monoisotopic (exact) mass is 217 g/mol. The molecule has 0 unspecified atom stereocenters. The molecule has 74 valence electrons. The molecule has 1 rings (SSSR count). The lowest BCUT2D eigenvalue weighted by atomic mass is 10.5. The van der Waals surface area contributed by atoms with E-state index in [-0.39, 0.29) is 0 Å². The predicted octanol–water partition coefficient (Wildman–Crippen LogP) is 2.61. The lowest BCUT2D eigenvalue weighted by molar-refractivity contribution is 0.958. The first-order valence-electron chi connectivity index (χ1n) is 4.50. The topological polar surface area (TPSA) is 37.8 Å². The van der Waals surface area contributed by atoms with Crippen LogP contribution in [-0.4, -0.2) is 22.5 Å². The van der Waals surface area contributed by atoms with Crippen LogP contribution >= 0.6 is 23.1 Å². The van der Waals surface area contributed by atoms with Crippen molar-refractivity contribution in [1.82, 2.24) is 10.2 Å². The van der Waals surface area contributed by atoms with E-state index in [1.165, 1.54) is 0 Å². The number of nitrogens with zero attached hydrogens (tertiary/aromatic N) is 2. The van der Waals surface area contributed by atoms with Crippen molar-refractivity contribution in [2.24, 2.45) is 0 Å². The van der Waals surface area contributed by atoms with E-state index in [4.69, 9.17) is 0 Å². The summed E-state index contributed by atoms with van der Waals surface area (Å²) in [6.07, 6.45) is 1.12. The Bertz CT molecular complexity index is 215. The second-order valence-corrected chi connectivity index (χ2v) is 4.90. The maximum absolute atomic E-state index is 4.09. The van der Waals surface area contributed by atoms with E-state index in [9.17, 15) is 0 Å². The number of nitrogens with one attached hydrogen (secondary N) is 1. The second-order valence-electron chi connectivity index (χ2n) is 2.56.